The van der Waals surface area contributed by atoms with E-state index in [1.54, 1.807) is 0 Å². The van der Waals surface area contributed by atoms with Gasteiger partial charge in [-0.3, -0.25) is 0 Å². The van der Waals surface area contributed by atoms with Crippen LogP contribution in [-0.4, -0.2) is 9.97 Å². The van der Waals surface area contributed by atoms with Gasteiger partial charge in [0.15, 0.2) is 0 Å². The molecule has 2 heteroatoms. The third-order valence-corrected chi connectivity index (χ3v) is 5.21. The summed E-state index contributed by atoms with van der Waals surface area (Å²) in [7, 11) is 0. The monoisotopic (exact) mass is 360 g/mol. The molecule has 2 nitrogen and oxygen atoms in total. The molecule has 0 unspecified atom stereocenters. The van der Waals surface area contributed by atoms with E-state index in [9.17, 15) is 0 Å². The molecule has 0 fully saturated rings. The van der Waals surface area contributed by atoms with E-state index in [1.807, 2.05) is 12.1 Å². The molecule has 0 aliphatic heterocycles. The zero-order chi connectivity index (χ0) is 18.9. The van der Waals surface area contributed by atoms with Gasteiger partial charge in [-0.05, 0) is 23.3 Å². The first-order valence-corrected chi connectivity index (χ1v) is 9.51. The number of fused-ring (bicyclic) bond motifs is 1. The molecule has 134 valence electrons. The Hall–Kier alpha value is -3.65. The Bertz CT molecular complexity index is 1190. The molecule has 0 saturated carbocycles. The first kappa shape index (κ1) is 16.5. The molecule has 28 heavy (non-hydrogen) atoms. The Balaban J connectivity index is 1.77. The molecule has 5 rings (SSSR count). The van der Waals surface area contributed by atoms with Crippen molar-refractivity contribution >= 4 is 10.8 Å². The maximum atomic E-state index is 5.05. The summed E-state index contributed by atoms with van der Waals surface area (Å²) in [5.41, 5.74) is 6.67. The number of hydrogen-bond acceptors (Lipinski definition) is 1. The lowest BCUT2D eigenvalue weighted by atomic mass is 10.00. The fourth-order valence-electron chi connectivity index (χ4n) is 3.78. The fourth-order valence-corrected chi connectivity index (χ4v) is 3.78. The predicted octanol–water partition coefficient (Wildman–Crippen LogP) is 6.87. The van der Waals surface area contributed by atoms with Crippen LogP contribution in [0, 0.1) is 6.92 Å². The molecular weight excluding hydrogens is 340 g/mol. The molecule has 0 aliphatic rings. The van der Waals surface area contributed by atoms with Crippen molar-refractivity contribution in [2.24, 2.45) is 0 Å². The van der Waals surface area contributed by atoms with Crippen molar-refractivity contribution in [3.63, 3.8) is 0 Å². The number of nitrogens with zero attached hydrogens (tertiary/aromatic N) is 1. The van der Waals surface area contributed by atoms with Crippen molar-refractivity contribution < 1.29 is 0 Å². The van der Waals surface area contributed by atoms with Gasteiger partial charge in [-0.25, -0.2) is 4.98 Å². The number of benzene rings is 4. The third-order valence-electron chi connectivity index (χ3n) is 5.21. The van der Waals surface area contributed by atoms with E-state index in [0.717, 1.165) is 33.9 Å². The average molecular weight is 360 g/mol. The molecule has 4 aromatic carbocycles. The van der Waals surface area contributed by atoms with Crippen LogP contribution in [0.25, 0.3) is 44.7 Å². The topological polar surface area (TPSA) is 28.7 Å². The standard InChI is InChI=1S/C26H20N2/c1-18-16-17-23(22-15-9-8-14-21(18)22)26-27-24(19-10-4-2-5-11-19)25(28-26)20-12-6-3-7-13-20/h2-17H,1H3,(H,27,28). The lowest BCUT2D eigenvalue weighted by molar-refractivity contribution is 1.31. The number of aromatic nitrogens is 2. The number of hydrogen-bond donors (Lipinski definition) is 1. The number of nitrogens with one attached hydrogen (secondary N) is 1. The van der Waals surface area contributed by atoms with Gasteiger partial charge < -0.3 is 4.98 Å². The number of imidazole rings is 1. The lowest BCUT2D eigenvalue weighted by Crippen LogP contribution is -1.86. The van der Waals surface area contributed by atoms with Crippen molar-refractivity contribution in [3.8, 4) is 33.9 Å². The fraction of sp³-hybridized carbons (Fsp3) is 0.0385. The van der Waals surface area contributed by atoms with Gasteiger partial charge in [0.05, 0.1) is 11.4 Å². The van der Waals surface area contributed by atoms with Gasteiger partial charge in [0.2, 0.25) is 0 Å². The normalized spacial score (nSPS) is 11.0. The minimum atomic E-state index is 0.897. The second-order valence-corrected chi connectivity index (χ2v) is 7.02. The highest BCUT2D eigenvalue weighted by Gasteiger charge is 2.16. The maximum absolute atomic E-state index is 5.05. The van der Waals surface area contributed by atoms with E-state index in [4.69, 9.17) is 4.98 Å². The Morgan fingerprint density at radius 1 is 0.607 bits per heavy atom. The number of H-pyrrole nitrogens is 1. The van der Waals surface area contributed by atoms with Crippen LogP contribution in [0.5, 0.6) is 0 Å². The summed E-state index contributed by atoms with van der Waals surface area (Å²) in [5, 5.41) is 2.48. The second-order valence-electron chi connectivity index (χ2n) is 7.02. The van der Waals surface area contributed by atoms with Crippen molar-refractivity contribution in [2.75, 3.05) is 0 Å². The van der Waals surface area contributed by atoms with Crippen molar-refractivity contribution in [1.82, 2.24) is 9.97 Å². The maximum Gasteiger partial charge on any atom is 0.139 e. The molecule has 0 atom stereocenters. The largest absolute Gasteiger partial charge is 0.337 e. The summed E-state index contributed by atoms with van der Waals surface area (Å²) in [4.78, 5) is 8.66. The molecule has 0 radical (unpaired) electrons. The van der Waals surface area contributed by atoms with E-state index in [1.165, 1.54) is 16.3 Å². The van der Waals surface area contributed by atoms with Gasteiger partial charge in [0.1, 0.15) is 5.82 Å². The van der Waals surface area contributed by atoms with E-state index in [0.29, 0.717) is 0 Å². The van der Waals surface area contributed by atoms with Crippen LogP contribution in [-0.2, 0) is 0 Å². The summed E-state index contributed by atoms with van der Waals surface area (Å²) in [5.74, 6) is 0.897. The molecule has 0 aliphatic carbocycles. The molecule has 1 aromatic heterocycles. The SMILES string of the molecule is Cc1ccc(-c2nc(-c3ccccc3)c(-c3ccccc3)[nH]2)c2ccccc12. The summed E-state index contributed by atoms with van der Waals surface area (Å²) in [6.07, 6.45) is 0. The van der Waals surface area contributed by atoms with Crippen LogP contribution in [0.4, 0.5) is 0 Å². The molecule has 1 N–H and O–H groups in total. The van der Waals surface area contributed by atoms with Crippen LogP contribution in [0.1, 0.15) is 5.56 Å². The highest BCUT2D eigenvalue weighted by Crippen LogP contribution is 2.35. The summed E-state index contributed by atoms with van der Waals surface area (Å²) in [6, 6.07) is 33.6. The van der Waals surface area contributed by atoms with Crippen molar-refractivity contribution in [3.05, 3.63) is 103 Å². The summed E-state index contributed by atoms with van der Waals surface area (Å²) in [6.45, 7) is 2.15. The van der Waals surface area contributed by atoms with Crippen molar-refractivity contribution in [1.29, 1.82) is 0 Å². The van der Waals surface area contributed by atoms with Crippen LogP contribution in [0.2, 0.25) is 0 Å². The molecule has 1 heterocycles. The van der Waals surface area contributed by atoms with Gasteiger partial charge in [-0.15, -0.1) is 0 Å². The van der Waals surface area contributed by atoms with Crippen LogP contribution < -0.4 is 0 Å². The van der Waals surface area contributed by atoms with E-state index in [2.05, 4.69) is 96.8 Å². The van der Waals surface area contributed by atoms with Gasteiger partial charge in [-0.1, -0.05) is 97.1 Å². The first-order chi connectivity index (χ1) is 13.8. The Kier molecular flexibility index (Phi) is 4.02. The quantitative estimate of drug-likeness (QED) is 0.373. The van der Waals surface area contributed by atoms with Crippen LogP contribution in [0.15, 0.2) is 97.1 Å². The van der Waals surface area contributed by atoms with E-state index in [-0.39, 0.29) is 0 Å². The first-order valence-electron chi connectivity index (χ1n) is 9.51. The molecular formula is C26H20N2. The Labute approximate surface area is 164 Å². The number of aromatic amines is 1. The molecule has 0 spiro atoms. The van der Waals surface area contributed by atoms with Crippen LogP contribution in [0.3, 0.4) is 0 Å². The van der Waals surface area contributed by atoms with Gasteiger partial charge >= 0.3 is 0 Å². The summed E-state index contributed by atoms with van der Waals surface area (Å²) < 4.78 is 0. The van der Waals surface area contributed by atoms with Crippen molar-refractivity contribution in [2.45, 2.75) is 6.92 Å². The molecule has 0 amide bonds. The molecule has 0 saturated heterocycles. The smallest absolute Gasteiger partial charge is 0.139 e. The lowest BCUT2D eigenvalue weighted by Gasteiger charge is -2.07. The Morgan fingerprint density at radius 2 is 1.21 bits per heavy atom. The highest BCUT2D eigenvalue weighted by atomic mass is 14.9. The van der Waals surface area contributed by atoms with E-state index < -0.39 is 0 Å². The molecule has 0 bridgehead atoms. The minimum absolute atomic E-state index is 0.897. The average Bonchev–Trinajstić information content (AvgIpc) is 3.21. The van der Waals surface area contributed by atoms with E-state index >= 15 is 0 Å². The second kappa shape index (κ2) is 6.82. The van der Waals surface area contributed by atoms with Gasteiger partial charge in [-0.2, -0.15) is 0 Å². The number of rotatable bonds is 3. The molecule has 5 aromatic rings. The summed E-state index contributed by atoms with van der Waals surface area (Å²) >= 11 is 0. The third kappa shape index (κ3) is 2.80. The number of aryl methyl sites for hydroxylation is 1. The minimum Gasteiger partial charge on any atom is -0.337 e. The van der Waals surface area contributed by atoms with Gasteiger partial charge in [0, 0.05) is 16.7 Å². The predicted molar refractivity (Wildman–Crippen MR) is 117 cm³/mol. The van der Waals surface area contributed by atoms with Crippen LogP contribution >= 0.6 is 0 Å². The zero-order valence-corrected chi connectivity index (χ0v) is 15.7. The zero-order valence-electron chi connectivity index (χ0n) is 15.7. The Morgan fingerprint density at radius 3 is 1.93 bits per heavy atom. The van der Waals surface area contributed by atoms with Gasteiger partial charge in [0.25, 0.3) is 0 Å². The highest BCUT2D eigenvalue weighted by molar-refractivity contribution is 5.98.